The molecule has 1 saturated carbocycles. The fourth-order valence-electron chi connectivity index (χ4n) is 2.96. The van der Waals surface area contributed by atoms with Gasteiger partial charge < -0.3 is 4.74 Å². The van der Waals surface area contributed by atoms with Gasteiger partial charge in [-0.25, -0.2) is 17.1 Å². The summed E-state index contributed by atoms with van der Waals surface area (Å²) >= 11 is 0. The number of nitrogens with zero attached hydrogens (tertiary/aromatic N) is 2. The Morgan fingerprint density at radius 1 is 0.767 bits per heavy atom. The minimum absolute atomic E-state index is 0.132. The summed E-state index contributed by atoms with van der Waals surface area (Å²) in [6, 6.07) is 0. The van der Waals surface area contributed by atoms with Gasteiger partial charge in [0, 0.05) is 33.2 Å². The molecule has 0 atom stereocenters. The Hall–Kier alpha value is -0.940. The summed E-state index contributed by atoms with van der Waals surface area (Å²) < 4.78 is 180. The summed E-state index contributed by atoms with van der Waals surface area (Å²) in [5, 5.41) is -7.08. The molecule has 0 spiro atoms. The summed E-state index contributed by atoms with van der Waals surface area (Å²) in [7, 11) is -6.87. The highest BCUT2D eigenvalue weighted by molar-refractivity contribution is 7.90. The van der Waals surface area contributed by atoms with E-state index >= 15 is 0 Å². The predicted octanol–water partition coefficient (Wildman–Crippen LogP) is 2.44. The minimum atomic E-state index is -7.47. The van der Waals surface area contributed by atoms with E-state index in [9.17, 15) is 56.7 Å². The minimum Gasteiger partial charge on any atom is -0.379 e. The molecule has 1 heterocycles. The van der Waals surface area contributed by atoms with Gasteiger partial charge in [0.05, 0.1) is 13.2 Å². The molecule has 0 aromatic rings. The molecule has 0 aromatic carbocycles. The van der Waals surface area contributed by atoms with Gasteiger partial charge in [0.15, 0.2) is 0 Å². The summed E-state index contributed by atoms with van der Waals surface area (Å²) in [4.78, 5) is 1.38. The third-order valence-corrected chi connectivity index (χ3v) is 7.21. The Bertz CT molecular complexity index is 738. The number of hydrogen-bond acceptors (Lipinski definition) is 4. The lowest BCUT2D eigenvalue weighted by Gasteiger charge is -2.52. The number of morpholine rings is 1. The maximum absolute atomic E-state index is 14.8. The summed E-state index contributed by atoms with van der Waals surface area (Å²) in [6.45, 7) is -0.962. The standard InChI is InChI=1S/C13H15F11N2O3S/c1-25(2-3-26-4-6-29-7-5-26)30(27,28)13(24)11(20,21)9(16,17)8(14,15)10(18,19)12(13,22)23/h2-7H2,1H3. The Kier molecular flexibility index (Phi) is 5.93. The average molecular weight is 488 g/mol. The second-order valence-corrected chi connectivity index (χ2v) is 8.88. The van der Waals surface area contributed by atoms with E-state index in [0.29, 0.717) is 0 Å². The molecule has 0 amide bonds. The van der Waals surface area contributed by atoms with E-state index in [2.05, 4.69) is 0 Å². The van der Waals surface area contributed by atoms with Gasteiger partial charge in [-0.1, -0.05) is 0 Å². The molecular weight excluding hydrogens is 473 g/mol. The summed E-state index contributed by atoms with van der Waals surface area (Å²) in [6.07, 6.45) is 0. The number of likely N-dealkylation sites (N-methyl/N-ethyl adjacent to an activating group) is 1. The van der Waals surface area contributed by atoms with Crippen molar-refractivity contribution in [2.24, 2.45) is 0 Å². The average Bonchev–Trinajstić information content (AvgIpc) is 2.64. The smallest absolute Gasteiger partial charge is 0.379 e. The molecule has 1 saturated heterocycles. The van der Waals surface area contributed by atoms with Crippen molar-refractivity contribution in [3.8, 4) is 0 Å². The second kappa shape index (κ2) is 7.03. The molecule has 2 fully saturated rings. The predicted molar refractivity (Wildman–Crippen MR) is 77.4 cm³/mol. The molecule has 0 bridgehead atoms. The summed E-state index contributed by atoms with van der Waals surface area (Å²) in [5.41, 5.74) is 0. The van der Waals surface area contributed by atoms with Gasteiger partial charge in [-0.3, -0.25) is 4.90 Å². The molecule has 1 aliphatic heterocycles. The van der Waals surface area contributed by atoms with Gasteiger partial charge in [0.2, 0.25) is 0 Å². The molecule has 30 heavy (non-hydrogen) atoms. The maximum Gasteiger partial charge on any atom is 0.384 e. The Labute approximate surface area is 162 Å². The fraction of sp³-hybridized carbons (Fsp3) is 1.00. The lowest BCUT2D eigenvalue weighted by atomic mass is 9.81. The van der Waals surface area contributed by atoms with E-state index in [1.54, 1.807) is 0 Å². The van der Waals surface area contributed by atoms with Gasteiger partial charge in [-0.2, -0.15) is 43.9 Å². The molecular formula is C13H15F11N2O3S. The first kappa shape index (κ1) is 25.3. The van der Waals surface area contributed by atoms with E-state index in [-0.39, 0.29) is 33.4 Å². The molecule has 2 aliphatic rings. The van der Waals surface area contributed by atoms with E-state index in [4.69, 9.17) is 4.74 Å². The zero-order valence-electron chi connectivity index (χ0n) is 14.9. The number of alkyl halides is 11. The SMILES string of the molecule is CN(CCN1CCOCC1)S(=O)(=O)C1(F)C(F)(F)C(F)(F)C(F)(F)C(F)(F)C1(F)F. The van der Waals surface area contributed by atoms with Gasteiger partial charge in [0.1, 0.15) is 0 Å². The monoisotopic (exact) mass is 488 g/mol. The topological polar surface area (TPSA) is 49.9 Å². The molecule has 0 radical (unpaired) electrons. The van der Waals surface area contributed by atoms with Crippen molar-refractivity contribution in [2.75, 3.05) is 46.4 Å². The van der Waals surface area contributed by atoms with E-state index in [1.165, 1.54) is 4.90 Å². The van der Waals surface area contributed by atoms with Crippen LogP contribution in [-0.2, 0) is 14.8 Å². The first-order valence-electron chi connectivity index (χ1n) is 8.09. The lowest BCUT2D eigenvalue weighted by molar-refractivity contribution is -0.470. The first-order chi connectivity index (χ1) is 13.2. The highest BCUT2D eigenvalue weighted by atomic mass is 32.2. The summed E-state index contributed by atoms with van der Waals surface area (Å²) in [5.74, 6) is -37.3. The van der Waals surface area contributed by atoms with Crippen molar-refractivity contribution in [3.63, 3.8) is 0 Å². The van der Waals surface area contributed by atoms with Crippen LogP contribution in [0.4, 0.5) is 48.3 Å². The van der Waals surface area contributed by atoms with Crippen LogP contribution in [-0.4, -0.2) is 98.7 Å². The maximum atomic E-state index is 14.8. The number of sulfonamides is 1. The third-order valence-electron chi connectivity index (χ3n) is 4.99. The zero-order chi connectivity index (χ0) is 23.6. The van der Waals surface area contributed by atoms with Crippen molar-refractivity contribution in [1.29, 1.82) is 0 Å². The number of rotatable bonds is 5. The third kappa shape index (κ3) is 2.80. The van der Waals surface area contributed by atoms with Crippen molar-refractivity contribution in [2.45, 2.75) is 34.6 Å². The van der Waals surface area contributed by atoms with E-state index < -0.39 is 62.0 Å². The van der Waals surface area contributed by atoms with Crippen molar-refractivity contribution in [1.82, 2.24) is 9.21 Å². The fourth-order valence-corrected chi connectivity index (χ4v) is 4.61. The lowest BCUT2D eigenvalue weighted by Crippen LogP contribution is -2.86. The molecule has 0 aromatic heterocycles. The Morgan fingerprint density at radius 2 is 1.13 bits per heavy atom. The van der Waals surface area contributed by atoms with Crippen LogP contribution in [0.5, 0.6) is 0 Å². The van der Waals surface area contributed by atoms with Crippen LogP contribution in [0.25, 0.3) is 0 Å². The van der Waals surface area contributed by atoms with Crippen LogP contribution in [0.3, 0.4) is 0 Å². The molecule has 2 rings (SSSR count). The van der Waals surface area contributed by atoms with Crippen LogP contribution >= 0.6 is 0 Å². The molecule has 5 nitrogen and oxygen atoms in total. The van der Waals surface area contributed by atoms with Gasteiger partial charge in [-0.15, -0.1) is 0 Å². The van der Waals surface area contributed by atoms with Crippen molar-refractivity contribution >= 4 is 10.0 Å². The van der Waals surface area contributed by atoms with Crippen LogP contribution < -0.4 is 0 Å². The highest BCUT2D eigenvalue weighted by Gasteiger charge is 3.04. The van der Waals surface area contributed by atoms with Crippen LogP contribution in [0.15, 0.2) is 0 Å². The largest absolute Gasteiger partial charge is 0.384 e. The van der Waals surface area contributed by atoms with Crippen molar-refractivity contribution < 1.29 is 61.4 Å². The molecule has 17 heteroatoms. The number of hydrogen-bond donors (Lipinski definition) is 0. The molecule has 0 N–H and O–H groups in total. The quantitative estimate of drug-likeness (QED) is 0.559. The second-order valence-electron chi connectivity index (χ2n) is 6.75. The molecule has 1 aliphatic carbocycles. The van der Waals surface area contributed by atoms with Crippen LogP contribution in [0.2, 0.25) is 0 Å². The Balaban J connectivity index is 2.54. The van der Waals surface area contributed by atoms with Crippen molar-refractivity contribution in [3.05, 3.63) is 0 Å². The normalized spacial score (nSPS) is 29.6. The zero-order valence-corrected chi connectivity index (χ0v) is 15.7. The van der Waals surface area contributed by atoms with Gasteiger partial charge in [-0.05, 0) is 0 Å². The van der Waals surface area contributed by atoms with Gasteiger partial charge in [0.25, 0.3) is 10.0 Å². The first-order valence-corrected chi connectivity index (χ1v) is 9.53. The number of halogens is 11. The Morgan fingerprint density at radius 3 is 1.53 bits per heavy atom. The van der Waals surface area contributed by atoms with E-state index in [1.807, 2.05) is 0 Å². The van der Waals surface area contributed by atoms with Crippen LogP contribution in [0.1, 0.15) is 0 Å². The molecule has 0 unspecified atom stereocenters. The highest BCUT2D eigenvalue weighted by Crippen LogP contribution is 2.70. The molecule has 178 valence electrons. The van der Waals surface area contributed by atoms with Crippen LogP contribution in [0, 0.1) is 0 Å². The number of ether oxygens (including phenoxy) is 1. The van der Waals surface area contributed by atoms with E-state index in [0.717, 1.165) is 0 Å². The van der Waals surface area contributed by atoms with Gasteiger partial charge >= 0.3 is 34.6 Å².